The fourth-order valence-electron chi connectivity index (χ4n) is 1.85. The van der Waals surface area contributed by atoms with Crippen LogP contribution >= 0.6 is 15.9 Å². The average molecular weight is 328 g/mol. The van der Waals surface area contributed by atoms with Gasteiger partial charge in [0.1, 0.15) is 5.75 Å². The SMILES string of the molecule is CCCCCCOc1ccc(Br)cc1CNC(C)C. The lowest BCUT2D eigenvalue weighted by Crippen LogP contribution is -2.22. The van der Waals surface area contributed by atoms with Crippen LogP contribution in [0.4, 0.5) is 0 Å². The first-order valence-corrected chi connectivity index (χ1v) is 8.07. The molecular formula is C16H26BrNO. The van der Waals surface area contributed by atoms with E-state index in [4.69, 9.17) is 4.74 Å². The summed E-state index contributed by atoms with van der Waals surface area (Å²) < 4.78 is 7.01. The van der Waals surface area contributed by atoms with Gasteiger partial charge in [-0.05, 0) is 24.6 Å². The second-order valence-corrected chi connectivity index (χ2v) is 6.11. The van der Waals surface area contributed by atoms with Gasteiger partial charge in [-0.2, -0.15) is 0 Å². The Balaban J connectivity index is 2.50. The number of halogens is 1. The summed E-state index contributed by atoms with van der Waals surface area (Å²) in [4.78, 5) is 0. The first-order valence-electron chi connectivity index (χ1n) is 7.28. The Hall–Kier alpha value is -0.540. The number of unbranched alkanes of at least 4 members (excludes halogenated alkanes) is 3. The van der Waals surface area contributed by atoms with Gasteiger partial charge in [0.2, 0.25) is 0 Å². The lowest BCUT2D eigenvalue weighted by Gasteiger charge is -2.14. The minimum atomic E-state index is 0.483. The normalized spacial score (nSPS) is 11.0. The number of nitrogens with one attached hydrogen (secondary N) is 1. The summed E-state index contributed by atoms with van der Waals surface area (Å²) in [5.41, 5.74) is 1.22. The molecule has 1 N–H and O–H groups in total. The lowest BCUT2D eigenvalue weighted by molar-refractivity contribution is 0.301. The number of hydrogen-bond acceptors (Lipinski definition) is 2. The second-order valence-electron chi connectivity index (χ2n) is 5.20. The number of benzene rings is 1. The summed E-state index contributed by atoms with van der Waals surface area (Å²) in [5, 5.41) is 3.44. The molecule has 0 bridgehead atoms. The summed E-state index contributed by atoms with van der Waals surface area (Å²) in [5.74, 6) is 1.01. The molecule has 19 heavy (non-hydrogen) atoms. The first kappa shape index (κ1) is 16.5. The average Bonchev–Trinajstić information content (AvgIpc) is 2.38. The van der Waals surface area contributed by atoms with E-state index in [0.29, 0.717) is 6.04 Å². The van der Waals surface area contributed by atoms with Crippen LogP contribution in [0, 0.1) is 0 Å². The molecule has 0 radical (unpaired) electrons. The standard InChI is InChI=1S/C16H26BrNO/c1-4-5-6-7-10-19-16-9-8-15(17)11-14(16)12-18-13(2)3/h8-9,11,13,18H,4-7,10,12H2,1-3H3. The van der Waals surface area contributed by atoms with Crippen molar-refractivity contribution in [1.29, 1.82) is 0 Å². The van der Waals surface area contributed by atoms with Crippen molar-refractivity contribution in [3.8, 4) is 5.75 Å². The summed E-state index contributed by atoms with van der Waals surface area (Å²) in [6.45, 7) is 8.20. The van der Waals surface area contributed by atoms with Crippen LogP contribution in [-0.4, -0.2) is 12.6 Å². The van der Waals surface area contributed by atoms with Crippen molar-refractivity contribution in [3.63, 3.8) is 0 Å². The molecule has 0 aliphatic heterocycles. The van der Waals surface area contributed by atoms with E-state index in [0.717, 1.165) is 29.8 Å². The van der Waals surface area contributed by atoms with E-state index in [9.17, 15) is 0 Å². The van der Waals surface area contributed by atoms with Gasteiger partial charge in [0, 0.05) is 22.6 Å². The maximum absolute atomic E-state index is 5.91. The zero-order valence-corrected chi connectivity index (χ0v) is 13.9. The van der Waals surface area contributed by atoms with Crippen LogP contribution < -0.4 is 10.1 Å². The number of hydrogen-bond donors (Lipinski definition) is 1. The van der Waals surface area contributed by atoms with Crippen LogP contribution in [0.1, 0.15) is 52.0 Å². The zero-order valence-electron chi connectivity index (χ0n) is 12.3. The molecule has 108 valence electrons. The molecule has 1 aromatic rings. The summed E-state index contributed by atoms with van der Waals surface area (Å²) >= 11 is 3.52. The van der Waals surface area contributed by atoms with Crippen LogP contribution in [0.3, 0.4) is 0 Å². The van der Waals surface area contributed by atoms with Gasteiger partial charge in [0.15, 0.2) is 0 Å². The molecule has 0 unspecified atom stereocenters. The highest BCUT2D eigenvalue weighted by Gasteiger charge is 2.05. The fraction of sp³-hybridized carbons (Fsp3) is 0.625. The molecule has 0 amide bonds. The molecule has 1 rings (SSSR count). The van der Waals surface area contributed by atoms with E-state index in [1.807, 2.05) is 6.07 Å². The van der Waals surface area contributed by atoms with E-state index in [1.54, 1.807) is 0 Å². The predicted octanol–water partition coefficient (Wildman–Crippen LogP) is 4.91. The molecule has 0 heterocycles. The van der Waals surface area contributed by atoms with Crippen molar-refractivity contribution in [1.82, 2.24) is 5.32 Å². The molecule has 0 aromatic heterocycles. The van der Waals surface area contributed by atoms with Gasteiger partial charge >= 0.3 is 0 Å². The van der Waals surface area contributed by atoms with Crippen LogP contribution in [0.25, 0.3) is 0 Å². The Bertz CT molecular complexity index is 366. The van der Waals surface area contributed by atoms with Crippen molar-refractivity contribution < 1.29 is 4.74 Å². The number of ether oxygens (including phenoxy) is 1. The van der Waals surface area contributed by atoms with Crippen molar-refractivity contribution in [2.75, 3.05) is 6.61 Å². The van der Waals surface area contributed by atoms with E-state index in [1.165, 1.54) is 24.8 Å². The van der Waals surface area contributed by atoms with E-state index >= 15 is 0 Å². The molecule has 0 aliphatic carbocycles. The lowest BCUT2D eigenvalue weighted by atomic mass is 10.2. The Morgan fingerprint density at radius 1 is 1.21 bits per heavy atom. The van der Waals surface area contributed by atoms with E-state index in [2.05, 4.69) is 54.2 Å². The predicted molar refractivity (Wildman–Crippen MR) is 85.8 cm³/mol. The first-order chi connectivity index (χ1) is 9.13. The Kier molecular flexibility index (Phi) is 8.15. The molecule has 1 aromatic carbocycles. The highest BCUT2D eigenvalue weighted by molar-refractivity contribution is 9.10. The molecule has 0 saturated heterocycles. The highest BCUT2D eigenvalue weighted by Crippen LogP contribution is 2.23. The maximum atomic E-state index is 5.91. The Morgan fingerprint density at radius 2 is 2.00 bits per heavy atom. The van der Waals surface area contributed by atoms with Crippen LogP contribution in [0.15, 0.2) is 22.7 Å². The molecule has 0 aliphatic rings. The molecule has 3 heteroatoms. The summed E-state index contributed by atoms with van der Waals surface area (Å²) in [7, 11) is 0. The fourth-order valence-corrected chi connectivity index (χ4v) is 2.26. The molecule has 0 spiro atoms. The van der Waals surface area contributed by atoms with Crippen molar-refractivity contribution in [2.24, 2.45) is 0 Å². The third-order valence-corrected chi connectivity index (χ3v) is 3.47. The molecule has 2 nitrogen and oxygen atoms in total. The van der Waals surface area contributed by atoms with Gasteiger partial charge in [0.25, 0.3) is 0 Å². The highest BCUT2D eigenvalue weighted by atomic mass is 79.9. The van der Waals surface area contributed by atoms with Gasteiger partial charge in [-0.3, -0.25) is 0 Å². The van der Waals surface area contributed by atoms with Crippen LogP contribution in [-0.2, 0) is 6.54 Å². The van der Waals surface area contributed by atoms with Crippen molar-refractivity contribution >= 4 is 15.9 Å². The van der Waals surface area contributed by atoms with Gasteiger partial charge in [-0.1, -0.05) is 56.0 Å². The summed E-state index contributed by atoms with van der Waals surface area (Å²) in [6, 6.07) is 6.72. The maximum Gasteiger partial charge on any atom is 0.123 e. The molecule has 0 atom stereocenters. The molecule has 0 saturated carbocycles. The molecule has 0 fully saturated rings. The Morgan fingerprint density at radius 3 is 2.68 bits per heavy atom. The van der Waals surface area contributed by atoms with Crippen LogP contribution in [0.5, 0.6) is 5.75 Å². The quantitative estimate of drug-likeness (QED) is 0.651. The zero-order chi connectivity index (χ0) is 14.1. The van der Waals surface area contributed by atoms with Gasteiger partial charge in [0.05, 0.1) is 6.61 Å². The van der Waals surface area contributed by atoms with E-state index in [-0.39, 0.29) is 0 Å². The topological polar surface area (TPSA) is 21.3 Å². The second kappa shape index (κ2) is 9.38. The third kappa shape index (κ3) is 6.98. The van der Waals surface area contributed by atoms with Gasteiger partial charge in [-0.25, -0.2) is 0 Å². The third-order valence-electron chi connectivity index (χ3n) is 2.98. The smallest absolute Gasteiger partial charge is 0.123 e. The van der Waals surface area contributed by atoms with E-state index < -0.39 is 0 Å². The van der Waals surface area contributed by atoms with Gasteiger partial charge < -0.3 is 10.1 Å². The Labute approximate surface area is 126 Å². The largest absolute Gasteiger partial charge is 0.493 e. The van der Waals surface area contributed by atoms with Gasteiger partial charge in [-0.15, -0.1) is 0 Å². The molecular weight excluding hydrogens is 302 g/mol. The van der Waals surface area contributed by atoms with Crippen LogP contribution in [0.2, 0.25) is 0 Å². The minimum absolute atomic E-state index is 0.483. The summed E-state index contributed by atoms with van der Waals surface area (Å²) in [6.07, 6.45) is 4.96. The number of rotatable bonds is 9. The van der Waals surface area contributed by atoms with Crippen molar-refractivity contribution in [2.45, 2.75) is 59.0 Å². The minimum Gasteiger partial charge on any atom is -0.493 e. The van der Waals surface area contributed by atoms with Crippen molar-refractivity contribution in [3.05, 3.63) is 28.2 Å². The monoisotopic (exact) mass is 327 g/mol.